The number of fused-ring (bicyclic) bond motifs is 1. The second-order valence-corrected chi connectivity index (χ2v) is 16.2. The van der Waals surface area contributed by atoms with Crippen molar-refractivity contribution < 1.29 is 18.0 Å². The Bertz CT molecular complexity index is 1180. The van der Waals surface area contributed by atoms with Gasteiger partial charge in [-0.3, -0.25) is 9.59 Å². The van der Waals surface area contributed by atoms with Gasteiger partial charge in [-0.25, -0.2) is 8.42 Å². The van der Waals surface area contributed by atoms with Gasteiger partial charge in [0.15, 0.2) is 9.84 Å². The lowest BCUT2D eigenvalue weighted by atomic mass is 9.72. The highest BCUT2D eigenvalue weighted by Crippen LogP contribution is 2.60. The molecule has 2 amide bonds. The minimum atomic E-state index is -3.12. The zero-order chi connectivity index (χ0) is 25.9. The summed E-state index contributed by atoms with van der Waals surface area (Å²) >= 11 is 13.2. The van der Waals surface area contributed by atoms with Crippen LogP contribution in [0.3, 0.4) is 0 Å². The van der Waals surface area contributed by atoms with Gasteiger partial charge in [-0.1, -0.05) is 57.8 Å². The molecule has 194 valence electrons. The first-order valence-electron chi connectivity index (χ1n) is 12.1. The molecule has 35 heavy (non-hydrogen) atoms. The molecule has 2 aliphatic carbocycles. The number of sulfone groups is 1. The molecule has 0 aromatic carbocycles. The number of rotatable bonds is 5. The molecule has 4 unspecified atom stereocenters. The van der Waals surface area contributed by atoms with Crippen molar-refractivity contribution in [2.75, 3.05) is 16.8 Å². The Morgan fingerprint density at radius 2 is 1.86 bits per heavy atom. The van der Waals surface area contributed by atoms with Gasteiger partial charge in [-0.2, -0.15) is 0 Å². The van der Waals surface area contributed by atoms with Crippen molar-refractivity contribution in [3.63, 3.8) is 0 Å². The molecule has 0 radical (unpaired) electrons. The monoisotopic (exact) mass is 560 g/mol. The number of carbonyl (C=O) groups excluding carboxylic acids is 2. The van der Waals surface area contributed by atoms with Crippen molar-refractivity contribution in [1.29, 1.82) is 0 Å². The van der Waals surface area contributed by atoms with Crippen LogP contribution in [-0.4, -0.2) is 37.8 Å². The van der Waals surface area contributed by atoms with E-state index in [0.29, 0.717) is 22.9 Å². The minimum absolute atomic E-state index is 0.0394. The second-order valence-electron chi connectivity index (χ2n) is 11.9. The summed E-state index contributed by atoms with van der Waals surface area (Å²) in [5.41, 5.74) is 1.34. The van der Waals surface area contributed by atoms with E-state index >= 15 is 0 Å². The Morgan fingerprint density at radius 1 is 1.17 bits per heavy atom. The van der Waals surface area contributed by atoms with Gasteiger partial charge in [0.2, 0.25) is 5.91 Å². The summed E-state index contributed by atoms with van der Waals surface area (Å²) < 4.78 is 24.0. The zero-order valence-electron chi connectivity index (χ0n) is 20.8. The number of nitrogens with one attached hydrogen (secondary N) is 2. The van der Waals surface area contributed by atoms with E-state index in [2.05, 4.69) is 31.4 Å². The van der Waals surface area contributed by atoms with Crippen LogP contribution in [0, 0.1) is 28.6 Å². The zero-order valence-corrected chi connectivity index (χ0v) is 24.0. The first kappa shape index (κ1) is 27.0. The molecule has 1 aromatic rings. The van der Waals surface area contributed by atoms with Crippen LogP contribution in [0.2, 0.25) is 0 Å². The molecule has 1 aromatic heterocycles. The number of thiophene rings is 1. The van der Waals surface area contributed by atoms with Gasteiger partial charge in [-0.05, 0) is 60.0 Å². The highest BCUT2D eigenvalue weighted by Gasteiger charge is 2.60. The molecular formula is C25H34Cl2N2O4S2. The summed E-state index contributed by atoms with van der Waals surface area (Å²) in [7, 11) is -3.12. The third-order valence-corrected chi connectivity index (χ3v) is 11.2. The van der Waals surface area contributed by atoms with Crippen molar-refractivity contribution in [2.45, 2.75) is 66.3 Å². The molecule has 4 rings (SSSR count). The van der Waals surface area contributed by atoms with Crippen LogP contribution in [0.25, 0.3) is 0 Å². The maximum absolute atomic E-state index is 13.5. The van der Waals surface area contributed by atoms with Gasteiger partial charge >= 0.3 is 0 Å². The van der Waals surface area contributed by atoms with Crippen LogP contribution in [-0.2, 0) is 27.5 Å². The molecular weight excluding hydrogens is 527 g/mol. The number of allylic oxidation sites excluding steroid dienone is 1. The smallest absolute Gasteiger partial charge is 0.254 e. The van der Waals surface area contributed by atoms with E-state index in [1.165, 1.54) is 11.3 Å². The van der Waals surface area contributed by atoms with Crippen molar-refractivity contribution in [3.8, 4) is 0 Å². The number of amides is 2. The average molecular weight is 562 g/mol. The van der Waals surface area contributed by atoms with Gasteiger partial charge < -0.3 is 10.6 Å². The predicted octanol–water partition coefficient (Wildman–Crippen LogP) is 5.35. The van der Waals surface area contributed by atoms with E-state index in [-0.39, 0.29) is 50.5 Å². The van der Waals surface area contributed by atoms with E-state index < -0.39 is 15.9 Å². The highest BCUT2D eigenvalue weighted by molar-refractivity contribution is 7.91. The van der Waals surface area contributed by atoms with Crippen LogP contribution in [0.4, 0.5) is 5.00 Å². The molecule has 10 heteroatoms. The topological polar surface area (TPSA) is 92.3 Å². The third-order valence-electron chi connectivity index (χ3n) is 8.02. The molecule has 1 saturated heterocycles. The number of anilines is 1. The fourth-order valence-electron chi connectivity index (χ4n) is 5.63. The first-order chi connectivity index (χ1) is 16.1. The summed E-state index contributed by atoms with van der Waals surface area (Å²) in [4.78, 5) is 27.9. The van der Waals surface area contributed by atoms with Crippen molar-refractivity contribution in [2.24, 2.45) is 28.6 Å². The van der Waals surface area contributed by atoms with Crippen molar-refractivity contribution in [1.82, 2.24) is 5.32 Å². The summed E-state index contributed by atoms with van der Waals surface area (Å²) in [6, 6.07) is -0.403. The fraction of sp³-hybridized carbons (Fsp3) is 0.680. The van der Waals surface area contributed by atoms with Crippen LogP contribution >= 0.6 is 34.5 Å². The van der Waals surface area contributed by atoms with E-state index in [1.807, 2.05) is 13.8 Å². The fourth-order valence-corrected chi connectivity index (χ4v) is 8.91. The van der Waals surface area contributed by atoms with Crippen LogP contribution in [0.15, 0.2) is 10.6 Å². The number of hydrogen-bond acceptors (Lipinski definition) is 5. The molecule has 1 aliphatic heterocycles. The molecule has 2 heterocycles. The van der Waals surface area contributed by atoms with Crippen LogP contribution in [0.5, 0.6) is 0 Å². The molecule has 0 bridgehead atoms. The van der Waals surface area contributed by atoms with Gasteiger partial charge in [0, 0.05) is 10.9 Å². The third kappa shape index (κ3) is 5.60. The highest BCUT2D eigenvalue weighted by atomic mass is 35.5. The molecule has 2 N–H and O–H groups in total. The Kier molecular flexibility index (Phi) is 7.19. The molecule has 2 fully saturated rings. The lowest BCUT2D eigenvalue weighted by Crippen LogP contribution is -2.36. The Labute approximate surface area is 222 Å². The molecule has 3 aliphatic rings. The van der Waals surface area contributed by atoms with Gasteiger partial charge in [-0.15, -0.1) is 11.3 Å². The maximum atomic E-state index is 13.5. The molecule has 6 nitrogen and oxygen atoms in total. The van der Waals surface area contributed by atoms with Gasteiger partial charge in [0.25, 0.3) is 5.91 Å². The van der Waals surface area contributed by atoms with Crippen LogP contribution < -0.4 is 10.6 Å². The number of hydrogen-bond donors (Lipinski definition) is 2. The first-order valence-corrected chi connectivity index (χ1v) is 15.5. The van der Waals surface area contributed by atoms with E-state index in [4.69, 9.17) is 23.2 Å². The summed E-state index contributed by atoms with van der Waals surface area (Å²) in [6.07, 6.45) is 4.71. The normalized spacial score (nSPS) is 28.7. The van der Waals surface area contributed by atoms with E-state index in [1.54, 1.807) is 6.08 Å². The Morgan fingerprint density at radius 3 is 2.43 bits per heavy atom. The van der Waals surface area contributed by atoms with Crippen molar-refractivity contribution >= 4 is 61.2 Å². The maximum Gasteiger partial charge on any atom is 0.254 e. The minimum Gasteiger partial charge on any atom is -0.348 e. The SMILES string of the molecule is CC(C)(C)C1CCc2c(sc(NC(=O)C3C(C=C(Cl)Cl)C3(C)C)c2C(=O)NC2CCS(=O)(=O)C2)C1. The second kappa shape index (κ2) is 9.34. The average Bonchev–Trinajstić information content (AvgIpc) is 2.99. The Balaban J connectivity index is 1.62. The van der Waals surface area contributed by atoms with Crippen LogP contribution in [0.1, 0.15) is 68.3 Å². The number of halogens is 2. The predicted molar refractivity (Wildman–Crippen MR) is 143 cm³/mol. The quantitative estimate of drug-likeness (QED) is 0.507. The molecule has 4 atom stereocenters. The summed E-state index contributed by atoms with van der Waals surface area (Å²) in [5.74, 6) is -0.302. The van der Waals surface area contributed by atoms with E-state index in [0.717, 1.165) is 29.7 Å². The summed E-state index contributed by atoms with van der Waals surface area (Å²) in [5, 5.41) is 6.53. The Hall–Kier alpha value is -1.09. The number of carbonyl (C=O) groups is 2. The van der Waals surface area contributed by atoms with Crippen molar-refractivity contribution in [3.05, 3.63) is 26.6 Å². The summed E-state index contributed by atoms with van der Waals surface area (Å²) in [6.45, 7) is 10.7. The molecule has 0 spiro atoms. The van der Waals surface area contributed by atoms with Gasteiger partial charge in [0.1, 0.15) is 9.49 Å². The lowest BCUT2D eigenvalue weighted by molar-refractivity contribution is -0.118. The van der Waals surface area contributed by atoms with E-state index in [9.17, 15) is 18.0 Å². The lowest BCUT2D eigenvalue weighted by Gasteiger charge is -2.33. The molecule has 1 saturated carbocycles. The largest absolute Gasteiger partial charge is 0.348 e. The standard InChI is InChI=1S/C25H34Cl2N2O4S2/c1-24(2,3)13-6-7-15-17(10-13)34-23(19(15)21(30)28-14-8-9-35(32,33)12-14)29-22(31)20-16(11-18(26)27)25(20,4)5/h11,13-14,16,20H,6-10,12H2,1-5H3,(H,28,30)(H,29,31). The van der Waals surface area contributed by atoms with Gasteiger partial charge in [0.05, 0.1) is 23.0 Å².